The molecule has 1 fully saturated rings. The smallest absolute Gasteiger partial charge is 0.212 e. The molecule has 5 heteroatoms. The molecule has 0 radical (unpaired) electrons. The molecule has 0 spiro atoms. The van der Waals surface area contributed by atoms with Gasteiger partial charge in [-0.25, -0.2) is 8.42 Å². The average molecular weight is 298 g/mol. The number of piperidine rings is 1. The zero-order chi connectivity index (χ0) is 11.3. The van der Waals surface area contributed by atoms with E-state index in [0.717, 1.165) is 37.4 Å². The summed E-state index contributed by atoms with van der Waals surface area (Å²) in [7, 11) is -3.00. The van der Waals surface area contributed by atoms with Gasteiger partial charge in [0.15, 0.2) is 0 Å². The van der Waals surface area contributed by atoms with Gasteiger partial charge in [-0.05, 0) is 19.3 Å². The lowest BCUT2D eigenvalue weighted by Crippen LogP contribution is -2.45. The number of halogens is 1. The monoisotopic (exact) mass is 297 g/mol. The molecule has 1 aliphatic rings. The van der Waals surface area contributed by atoms with Crippen molar-refractivity contribution in [2.45, 2.75) is 45.1 Å². The van der Waals surface area contributed by atoms with Crippen LogP contribution in [-0.4, -0.2) is 36.4 Å². The second-order valence-electron chi connectivity index (χ2n) is 4.08. The van der Waals surface area contributed by atoms with Crippen LogP contribution in [0.5, 0.6) is 0 Å². The van der Waals surface area contributed by atoms with Gasteiger partial charge in [-0.2, -0.15) is 4.31 Å². The summed E-state index contributed by atoms with van der Waals surface area (Å²) in [5, 5.41) is 0.762. The summed E-state index contributed by atoms with van der Waals surface area (Å²) in [6.45, 7) is 2.73. The molecule has 0 bridgehead atoms. The Hall–Kier alpha value is 0.390. The van der Waals surface area contributed by atoms with E-state index in [4.69, 9.17) is 0 Å². The van der Waals surface area contributed by atoms with Crippen LogP contribution < -0.4 is 0 Å². The molecule has 1 rings (SSSR count). The molecule has 1 atom stereocenters. The topological polar surface area (TPSA) is 37.4 Å². The predicted molar refractivity (Wildman–Crippen MR) is 66.8 cm³/mol. The fraction of sp³-hybridized carbons (Fsp3) is 1.00. The zero-order valence-corrected chi connectivity index (χ0v) is 11.7. The maximum Gasteiger partial charge on any atom is 0.214 e. The lowest BCUT2D eigenvalue weighted by molar-refractivity contribution is 0.273. The highest BCUT2D eigenvalue weighted by molar-refractivity contribution is 9.09. The molecule has 1 saturated heterocycles. The van der Waals surface area contributed by atoms with Crippen LogP contribution in [0, 0.1) is 0 Å². The molecule has 0 aliphatic carbocycles. The predicted octanol–water partition coefficient (Wildman–Crippen LogP) is 2.37. The van der Waals surface area contributed by atoms with E-state index in [2.05, 4.69) is 15.9 Å². The van der Waals surface area contributed by atoms with Crippen molar-refractivity contribution in [3.05, 3.63) is 0 Å². The van der Waals surface area contributed by atoms with Gasteiger partial charge in [0.05, 0.1) is 5.75 Å². The van der Waals surface area contributed by atoms with E-state index in [1.54, 1.807) is 4.31 Å². The highest BCUT2D eigenvalue weighted by atomic mass is 79.9. The van der Waals surface area contributed by atoms with Crippen LogP contribution in [0.2, 0.25) is 0 Å². The van der Waals surface area contributed by atoms with Gasteiger partial charge < -0.3 is 0 Å². The van der Waals surface area contributed by atoms with Crippen LogP contribution in [0.15, 0.2) is 0 Å². The van der Waals surface area contributed by atoms with Gasteiger partial charge in [0.25, 0.3) is 0 Å². The number of sulfonamides is 1. The highest BCUT2D eigenvalue weighted by Gasteiger charge is 2.30. The van der Waals surface area contributed by atoms with Crippen LogP contribution in [0.25, 0.3) is 0 Å². The molecule has 3 nitrogen and oxygen atoms in total. The third-order valence-corrected chi connectivity index (χ3v) is 5.61. The summed E-state index contributed by atoms with van der Waals surface area (Å²) in [6.07, 6.45) is 4.86. The fourth-order valence-electron chi connectivity index (χ4n) is 1.94. The Morgan fingerprint density at radius 1 is 1.40 bits per heavy atom. The third-order valence-electron chi connectivity index (χ3n) is 2.86. The van der Waals surface area contributed by atoms with E-state index in [1.807, 2.05) is 6.92 Å². The van der Waals surface area contributed by atoms with Crippen LogP contribution in [0.1, 0.15) is 39.0 Å². The zero-order valence-electron chi connectivity index (χ0n) is 9.28. The number of hydrogen-bond donors (Lipinski definition) is 0. The first-order chi connectivity index (χ1) is 7.11. The van der Waals surface area contributed by atoms with Crippen LogP contribution in [-0.2, 0) is 10.0 Å². The molecule has 1 unspecified atom stereocenters. The van der Waals surface area contributed by atoms with E-state index in [9.17, 15) is 8.42 Å². The van der Waals surface area contributed by atoms with Crippen LogP contribution in [0.3, 0.4) is 0 Å². The first-order valence-electron chi connectivity index (χ1n) is 5.67. The van der Waals surface area contributed by atoms with Gasteiger partial charge in [-0.3, -0.25) is 0 Å². The molecule has 1 heterocycles. The molecule has 0 aromatic heterocycles. The number of nitrogens with zero attached hydrogens (tertiary/aromatic N) is 1. The van der Waals surface area contributed by atoms with Gasteiger partial charge in [0.1, 0.15) is 0 Å². The summed E-state index contributed by atoms with van der Waals surface area (Å²) in [4.78, 5) is 0. The summed E-state index contributed by atoms with van der Waals surface area (Å²) in [5.74, 6) is 0.312. The normalized spacial score (nSPS) is 24.3. The number of rotatable bonds is 5. The van der Waals surface area contributed by atoms with Crippen molar-refractivity contribution in [1.82, 2.24) is 4.31 Å². The Balaban J connectivity index is 2.65. The van der Waals surface area contributed by atoms with Crippen molar-refractivity contribution < 1.29 is 8.42 Å². The second-order valence-corrected chi connectivity index (χ2v) is 6.77. The first-order valence-corrected chi connectivity index (χ1v) is 8.40. The number of alkyl halides is 1. The quantitative estimate of drug-likeness (QED) is 0.731. The van der Waals surface area contributed by atoms with Crippen LogP contribution in [0.4, 0.5) is 0 Å². The summed E-state index contributed by atoms with van der Waals surface area (Å²) in [6, 6.07) is 0.181. The first kappa shape index (κ1) is 13.5. The molecular formula is C10H20BrNO2S. The molecule has 0 saturated carbocycles. The molecule has 0 amide bonds. The molecule has 0 N–H and O–H groups in total. The van der Waals surface area contributed by atoms with Gasteiger partial charge in [-0.15, -0.1) is 0 Å². The Morgan fingerprint density at radius 3 is 2.73 bits per heavy atom. The van der Waals surface area contributed by atoms with E-state index in [0.29, 0.717) is 12.3 Å². The molecule has 90 valence electrons. The van der Waals surface area contributed by atoms with Gasteiger partial charge in [0.2, 0.25) is 10.0 Å². The molecule has 15 heavy (non-hydrogen) atoms. The van der Waals surface area contributed by atoms with Crippen molar-refractivity contribution in [3.8, 4) is 0 Å². The van der Waals surface area contributed by atoms with Crippen molar-refractivity contribution in [2.75, 3.05) is 17.6 Å². The number of unbranched alkanes of at least 4 members (excludes halogenated alkanes) is 1. The Kier molecular flexibility index (Phi) is 5.57. The van der Waals surface area contributed by atoms with Crippen LogP contribution >= 0.6 is 15.9 Å². The van der Waals surface area contributed by atoms with E-state index >= 15 is 0 Å². The van der Waals surface area contributed by atoms with Crippen molar-refractivity contribution >= 4 is 26.0 Å². The van der Waals surface area contributed by atoms with E-state index in [-0.39, 0.29) is 6.04 Å². The van der Waals surface area contributed by atoms with Crippen molar-refractivity contribution in [1.29, 1.82) is 0 Å². The Morgan fingerprint density at radius 2 is 2.13 bits per heavy atom. The SMILES string of the molecule is CCCCS(=O)(=O)N1CCCCC1CBr. The van der Waals surface area contributed by atoms with Crippen molar-refractivity contribution in [3.63, 3.8) is 0 Å². The van der Waals surface area contributed by atoms with Gasteiger partial charge in [-0.1, -0.05) is 35.7 Å². The number of hydrogen-bond acceptors (Lipinski definition) is 2. The van der Waals surface area contributed by atoms with E-state index < -0.39 is 10.0 Å². The summed E-state index contributed by atoms with van der Waals surface area (Å²) >= 11 is 3.41. The minimum atomic E-state index is -3.00. The Labute approximate surface area is 101 Å². The molecular weight excluding hydrogens is 278 g/mol. The largest absolute Gasteiger partial charge is 0.214 e. The van der Waals surface area contributed by atoms with Gasteiger partial charge in [0, 0.05) is 17.9 Å². The lowest BCUT2D eigenvalue weighted by Gasteiger charge is -2.33. The summed E-state index contributed by atoms with van der Waals surface area (Å²) < 4.78 is 25.7. The van der Waals surface area contributed by atoms with Crippen molar-refractivity contribution in [2.24, 2.45) is 0 Å². The second kappa shape index (κ2) is 6.21. The fourth-order valence-corrected chi connectivity index (χ4v) is 4.73. The highest BCUT2D eigenvalue weighted by Crippen LogP contribution is 2.22. The molecule has 0 aromatic rings. The summed E-state index contributed by atoms with van der Waals surface area (Å²) in [5.41, 5.74) is 0. The maximum atomic E-state index is 12.0. The standard InChI is InChI=1S/C10H20BrNO2S/c1-2-3-8-15(13,14)12-7-5-4-6-10(12)9-11/h10H,2-9H2,1H3. The average Bonchev–Trinajstić information content (AvgIpc) is 2.26. The van der Waals surface area contributed by atoms with Gasteiger partial charge >= 0.3 is 0 Å². The minimum Gasteiger partial charge on any atom is -0.212 e. The lowest BCUT2D eigenvalue weighted by atomic mass is 10.1. The molecule has 0 aromatic carbocycles. The molecule has 1 aliphatic heterocycles. The minimum absolute atomic E-state index is 0.181. The maximum absolute atomic E-state index is 12.0. The van der Waals surface area contributed by atoms with E-state index in [1.165, 1.54) is 0 Å². The third kappa shape index (κ3) is 3.71. The Bertz CT molecular complexity index is 279.